The van der Waals surface area contributed by atoms with Crippen molar-refractivity contribution in [3.8, 4) is 11.5 Å². The summed E-state index contributed by atoms with van der Waals surface area (Å²) in [5, 5.41) is 9.10. The molecule has 1 N–H and O–H groups in total. The lowest BCUT2D eigenvalue weighted by molar-refractivity contribution is -0.107. The van der Waals surface area contributed by atoms with Crippen molar-refractivity contribution in [1.82, 2.24) is 4.31 Å². The maximum atomic E-state index is 13.6. The van der Waals surface area contributed by atoms with Crippen molar-refractivity contribution >= 4 is 10.0 Å². The van der Waals surface area contributed by atoms with Crippen molar-refractivity contribution in [2.45, 2.75) is 17.2 Å². The van der Waals surface area contributed by atoms with Gasteiger partial charge in [0.1, 0.15) is 13.2 Å². The molecule has 6 nitrogen and oxygen atoms in total. The van der Waals surface area contributed by atoms with Crippen LogP contribution in [0, 0.1) is 5.92 Å². The van der Waals surface area contributed by atoms with Crippen LogP contribution in [0.5, 0.6) is 11.5 Å². The molecule has 23 heavy (non-hydrogen) atoms. The molecule has 0 saturated carbocycles. The van der Waals surface area contributed by atoms with E-state index in [9.17, 15) is 17.2 Å². The highest BCUT2D eigenvalue weighted by atomic mass is 32.2. The summed E-state index contributed by atoms with van der Waals surface area (Å²) in [4.78, 5) is -0.0383. The fraction of sp³-hybridized carbons (Fsp3) is 0.571. The number of rotatable bonds is 3. The molecule has 3 rings (SSSR count). The molecule has 0 aromatic heterocycles. The predicted molar refractivity (Wildman–Crippen MR) is 76.3 cm³/mol. The van der Waals surface area contributed by atoms with Crippen LogP contribution in [0.3, 0.4) is 0 Å². The zero-order valence-electron chi connectivity index (χ0n) is 12.2. The number of piperidine rings is 1. The second kappa shape index (κ2) is 5.88. The largest absolute Gasteiger partial charge is 0.486 e. The van der Waals surface area contributed by atoms with Crippen LogP contribution in [-0.2, 0) is 10.0 Å². The van der Waals surface area contributed by atoms with Gasteiger partial charge in [-0.1, -0.05) is 0 Å². The first kappa shape index (κ1) is 16.4. The Morgan fingerprint density at radius 2 is 1.96 bits per heavy atom. The molecule has 2 heterocycles. The van der Waals surface area contributed by atoms with E-state index in [2.05, 4.69) is 0 Å². The average Bonchev–Trinajstić information content (AvgIpc) is 2.54. The topological polar surface area (TPSA) is 76.1 Å². The molecule has 2 aliphatic rings. The maximum absolute atomic E-state index is 13.6. The quantitative estimate of drug-likeness (QED) is 0.884. The number of sulfonamides is 1. The van der Waals surface area contributed by atoms with Crippen LogP contribution >= 0.6 is 0 Å². The van der Waals surface area contributed by atoms with Gasteiger partial charge in [-0.2, -0.15) is 4.31 Å². The molecule has 9 heteroatoms. The molecule has 0 amide bonds. The van der Waals surface area contributed by atoms with Gasteiger partial charge in [-0.15, -0.1) is 0 Å². The van der Waals surface area contributed by atoms with Crippen LogP contribution in [0.25, 0.3) is 0 Å². The summed E-state index contributed by atoms with van der Waals surface area (Å²) >= 11 is 0. The van der Waals surface area contributed by atoms with E-state index in [0.29, 0.717) is 24.7 Å². The maximum Gasteiger partial charge on any atom is 0.255 e. The van der Waals surface area contributed by atoms with Crippen molar-refractivity contribution in [2.24, 2.45) is 5.92 Å². The van der Waals surface area contributed by atoms with E-state index in [4.69, 9.17) is 14.6 Å². The lowest BCUT2D eigenvalue weighted by atomic mass is 9.96. The molecule has 1 aromatic rings. The third-order valence-corrected chi connectivity index (χ3v) is 5.95. The van der Waals surface area contributed by atoms with Gasteiger partial charge in [0.25, 0.3) is 5.92 Å². The number of fused-ring (bicyclic) bond motifs is 1. The first-order valence-electron chi connectivity index (χ1n) is 7.23. The average molecular weight is 349 g/mol. The highest BCUT2D eigenvalue weighted by Crippen LogP contribution is 2.37. The van der Waals surface area contributed by atoms with Crippen LogP contribution < -0.4 is 9.47 Å². The molecule has 1 saturated heterocycles. The van der Waals surface area contributed by atoms with E-state index < -0.39 is 41.4 Å². The van der Waals surface area contributed by atoms with Gasteiger partial charge in [0, 0.05) is 25.6 Å². The predicted octanol–water partition coefficient (Wildman–Crippen LogP) is 1.10. The SMILES string of the molecule is O=S(=O)(c1ccc2c(c1)OCCO2)N1CCC(F)(F)C(CO)C1. The number of ether oxygens (including phenoxy) is 2. The van der Waals surface area contributed by atoms with Gasteiger partial charge in [-0.3, -0.25) is 0 Å². The Morgan fingerprint density at radius 1 is 1.26 bits per heavy atom. The number of alkyl halides is 2. The Balaban J connectivity index is 1.87. The summed E-state index contributed by atoms with van der Waals surface area (Å²) < 4.78 is 64.2. The fourth-order valence-electron chi connectivity index (χ4n) is 2.69. The van der Waals surface area contributed by atoms with Gasteiger partial charge in [-0.25, -0.2) is 17.2 Å². The van der Waals surface area contributed by atoms with Gasteiger partial charge in [0.05, 0.1) is 17.4 Å². The molecule has 1 fully saturated rings. The van der Waals surface area contributed by atoms with Crippen LogP contribution in [0.1, 0.15) is 6.42 Å². The monoisotopic (exact) mass is 349 g/mol. The molecule has 128 valence electrons. The lowest BCUT2D eigenvalue weighted by Crippen LogP contribution is -2.50. The molecule has 0 radical (unpaired) electrons. The van der Waals surface area contributed by atoms with Crippen LogP contribution in [0.2, 0.25) is 0 Å². The number of aliphatic hydroxyl groups excluding tert-OH is 1. The van der Waals surface area contributed by atoms with Crippen molar-refractivity contribution in [1.29, 1.82) is 0 Å². The van der Waals surface area contributed by atoms with E-state index in [1.54, 1.807) is 0 Å². The minimum atomic E-state index is -3.94. The highest BCUT2D eigenvalue weighted by molar-refractivity contribution is 7.89. The summed E-state index contributed by atoms with van der Waals surface area (Å²) in [5.74, 6) is -3.69. The van der Waals surface area contributed by atoms with E-state index >= 15 is 0 Å². The Kier molecular flexibility index (Phi) is 4.19. The van der Waals surface area contributed by atoms with Crippen molar-refractivity contribution in [3.05, 3.63) is 18.2 Å². The molecular formula is C14H17F2NO5S. The van der Waals surface area contributed by atoms with Crippen molar-refractivity contribution in [2.75, 3.05) is 32.9 Å². The first-order valence-corrected chi connectivity index (χ1v) is 8.67. The standard InChI is InChI=1S/C14H17F2NO5S/c15-14(16)3-4-17(8-10(14)9-18)23(19,20)11-1-2-12-13(7-11)22-6-5-21-12/h1-2,7,10,18H,3-6,8-9H2. The Morgan fingerprint density at radius 3 is 2.65 bits per heavy atom. The Labute approximate surface area is 132 Å². The molecule has 0 spiro atoms. The van der Waals surface area contributed by atoms with Crippen molar-refractivity contribution in [3.63, 3.8) is 0 Å². The van der Waals surface area contributed by atoms with E-state index in [-0.39, 0.29) is 11.4 Å². The summed E-state index contributed by atoms with van der Waals surface area (Å²) in [5.41, 5.74) is 0. The number of benzene rings is 1. The summed E-state index contributed by atoms with van der Waals surface area (Å²) in [6.07, 6.45) is -0.609. The smallest absolute Gasteiger partial charge is 0.255 e. The van der Waals surface area contributed by atoms with E-state index in [0.717, 1.165) is 4.31 Å². The minimum Gasteiger partial charge on any atom is -0.486 e. The zero-order valence-corrected chi connectivity index (χ0v) is 13.1. The molecular weight excluding hydrogens is 332 g/mol. The second-order valence-corrected chi connectivity index (χ2v) is 7.50. The highest BCUT2D eigenvalue weighted by Gasteiger charge is 2.46. The van der Waals surface area contributed by atoms with Gasteiger partial charge in [-0.05, 0) is 12.1 Å². The summed E-state index contributed by atoms with van der Waals surface area (Å²) in [7, 11) is -3.94. The number of aliphatic hydroxyl groups is 1. The third kappa shape index (κ3) is 3.00. The van der Waals surface area contributed by atoms with Crippen LogP contribution in [0.15, 0.2) is 23.1 Å². The third-order valence-electron chi connectivity index (χ3n) is 4.09. The van der Waals surface area contributed by atoms with Gasteiger partial charge < -0.3 is 14.6 Å². The Bertz CT molecular complexity index is 694. The van der Waals surface area contributed by atoms with Crippen molar-refractivity contribution < 1.29 is 31.8 Å². The van der Waals surface area contributed by atoms with Gasteiger partial charge >= 0.3 is 0 Å². The van der Waals surface area contributed by atoms with Crippen LogP contribution in [0.4, 0.5) is 8.78 Å². The van der Waals surface area contributed by atoms with E-state index in [1.807, 2.05) is 0 Å². The number of halogens is 2. The number of nitrogens with zero attached hydrogens (tertiary/aromatic N) is 1. The van der Waals surface area contributed by atoms with Crippen LogP contribution in [-0.4, -0.2) is 56.7 Å². The number of hydrogen-bond acceptors (Lipinski definition) is 5. The van der Waals surface area contributed by atoms with Gasteiger partial charge in [0.15, 0.2) is 11.5 Å². The molecule has 1 atom stereocenters. The molecule has 0 bridgehead atoms. The minimum absolute atomic E-state index is 0.0383. The number of hydrogen-bond donors (Lipinski definition) is 1. The summed E-state index contributed by atoms with van der Waals surface area (Å²) in [6.45, 7) is -0.766. The lowest BCUT2D eigenvalue weighted by Gasteiger charge is -2.36. The molecule has 0 aliphatic carbocycles. The van der Waals surface area contributed by atoms with Gasteiger partial charge in [0.2, 0.25) is 10.0 Å². The molecule has 1 aromatic carbocycles. The molecule has 1 unspecified atom stereocenters. The Hall–Kier alpha value is -1.45. The second-order valence-electron chi connectivity index (χ2n) is 5.56. The first-order chi connectivity index (χ1) is 10.8. The zero-order chi connectivity index (χ0) is 16.7. The normalized spacial score (nSPS) is 24.4. The molecule has 2 aliphatic heterocycles. The summed E-state index contributed by atoms with van der Waals surface area (Å²) in [6, 6.07) is 4.19. The fourth-order valence-corrected chi connectivity index (χ4v) is 4.19. The van der Waals surface area contributed by atoms with E-state index in [1.165, 1.54) is 18.2 Å².